The van der Waals surface area contributed by atoms with E-state index in [0.29, 0.717) is 49.9 Å². The first kappa shape index (κ1) is 34.2. The molecule has 2 atom stereocenters. The van der Waals surface area contributed by atoms with Crippen LogP contribution in [0, 0.1) is 11.6 Å². The quantitative estimate of drug-likeness (QED) is 0.188. The molecule has 4 aromatic carbocycles. The Morgan fingerprint density at radius 3 is 1.38 bits per heavy atom. The summed E-state index contributed by atoms with van der Waals surface area (Å²) in [5.41, 5.74) is 2.71. The molecular formula is C40H38F2N4O4. The predicted octanol–water partition coefficient (Wildman–Crippen LogP) is 6.48. The summed E-state index contributed by atoms with van der Waals surface area (Å²) in [4.78, 5) is 55.1. The fourth-order valence-electron chi connectivity index (χ4n) is 6.52. The second kappa shape index (κ2) is 15.7. The number of anilines is 2. The molecule has 2 N–H and O–H groups in total. The van der Waals surface area contributed by atoms with Crippen LogP contribution < -0.4 is 10.6 Å². The van der Waals surface area contributed by atoms with Gasteiger partial charge in [-0.25, -0.2) is 8.78 Å². The van der Waals surface area contributed by atoms with Crippen molar-refractivity contribution in [2.45, 2.75) is 50.6 Å². The molecule has 10 heteroatoms. The van der Waals surface area contributed by atoms with Gasteiger partial charge >= 0.3 is 0 Å². The molecule has 2 aliphatic heterocycles. The van der Waals surface area contributed by atoms with Crippen molar-refractivity contribution in [3.63, 3.8) is 0 Å². The zero-order valence-electron chi connectivity index (χ0n) is 27.5. The van der Waals surface area contributed by atoms with Gasteiger partial charge in [0.15, 0.2) is 0 Å². The van der Waals surface area contributed by atoms with Crippen molar-refractivity contribution < 1.29 is 28.0 Å². The number of hydrogen-bond acceptors (Lipinski definition) is 4. The molecule has 0 aliphatic carbocycles. The van der Waals surface area contributed by atoms with Crippen LogP contribution in [0.25, 0.3) is 12.2 Å². The lowest BCUT2D eigenvalue weighted by molar-refractivity contribution is -0.136. The maximum absolute atomic E-state index is 15.1. The molecule has 8 nitrogen and oxygen atoms in total. The Kier molecular flexibility index (Phi) is 10.8. The van der Waals surface area contributed by atoms with Gasteiger partial charge in [0.05, 0.1) is 24.2 Å². The number of nitrogens with zero attached hydrogens (tertiary/aromatic N) is 2. The monoisotopic (exact) mass is 676 g/mol. The molecule has 2 fully saturated rings. The fraction of sp³-hybridized carbons (Fsp3) is 0.250. The van der Waals surface area contributed by atoms with Gasteiger partial charge in [0, 0.05) is 13.1 Å². The maximum atomic E-state index is 15.1. The predicted molar refractivity (Wildman–Crippen MR) is 189 cm³/mol. The second-order valence-electron chi connectivity index (χ2n) is 12.6. The van der Waals surface area contributed by atoms with E-state index >= 15 is 8.78 Å². The van der Waals surface area contributed by atoms with E-state index in [2.05, 4.69) is 10.6 Å². The van der Waals surface area contributed by atoms with E-state index in [0.717, 1.165) is 11.1 Å². The Labute approximate surface area is 289 Å². The van der Waals surface area contributed by atoms with E-state index in [1.165, 1.54) is 24.3 Å². The third-order valence-electron chi connectivity index (χ3n) is 9.12. The number of rotatable bonds is 10. The Balaban J connectivity index is 1.03. The van der Waals surface area contributed by atoms with Crippen molar-refractivity contribution in [3.05, 3.63) is 131 Å². The van der Waals surface area contributed by atoms with Gasteiger partial charge in [0.2, 0.25) is 23.6 Å². The van der Waals surface area contributed by atoms with Gasteiger partial charge in [-0.2, -0.15) is 0 Å². The summed E-state index contributed by atoms with van der Waals surface area (Å²) < 4.78 is 30.1. The van der Waals surface area contributed by atoms with Crippen molar-refractivity contribution in [2.24, 2.45) is 0 Å². The lowest BCUT2D eigenvalue weighted by Gasteiger charge is -2.24. The Bertz CT molecular complexity index is 1760. The molecule has 2 heterocycles. The number of likely N-dealkylation sites (tertiary alicyclic amines) is 2. The Hall–Kier alpha value is -5.64. The van der Waals surface area contributed by atoms with Crippen LogP contribution in [0.3, 0.4) is 0 Å². The first-order valence-corrected chi connectivity index (χ1v) is 16.8. The molecule has 0 saturated carbocycles. The molecule has 2 saturated heterocycles. The lowest BCUT2D eigenvalue weighted by Crippen LogP contribution is -2.43. The average molecular weight is 677 g/mol. The average Bonchev–Trinajstić information content (AvgIpc) is 3.82. The number of carbonyl (C=O) groups excluding carboxylic acids is 4. The molecule has 256 valence electrons. The summed E-state index contributed by atoms with van der Waals surface area (Å²) in [6, 6.07) is 26.0. The maximum Gasteiger partial charge on any atom is 0.247 e. The zero-order chi connectivity index (χ0) is 35.0. The molecule has 6 rings (SSSR count). The van der Waals surface area contributed by atoms with Crippen molar-refractivity contribution in [1.29, 1.82) is 0 Å². The summed E-state index contributed by atoms with van der Waals surface area (Å²) >= 11 is 0. The summed E-state index contributed by atoms with van der Waals surface area (Å²) in [5.74, 6) is -2.45. The van der Waals surface area contributed by atoms with E-state index in [1.54, 1.807) is 34.1 Å². The third-order valence-corrected chi connectivity index (χ3v) is 9.12. The third kappa shape index (κ3) is 8.31. The van der Waals surface area contributed by atoms with Crippen LogP contribution >= 0.6 is 0 Å². The van der Waals surface area contributed by atoms with Gasteiger partial charge in [-0.1, -0.05) is 84.9 Å². The molecule has 2 aliphatic rings. The normalized spacial score (nSPS) is 17.2. The van der Waals surface area contributed by atoms with Crippen molar-refractivity contribution in [3.8, 4) is 0 Å². The van der Waals surface area contributed by atoms with Crippen LogP contribution in [0.2, 0.25) is 0 Å². The first-order valence-electron chi connectivity index (χ1n) is 16.8. The van der Waals surface area contributed by atoms with Gasteiger partial charge in [0.1, 0.15) is 23.7 Å². The highest BCUT2D eigenvalue weighted by Crippen LogP contribution is 2.25. The highest BCUT2D eigenvalue weighted by Gasteiger charge is 2.35. The van der Waals surface area contributed by atoms with Gasteiger partial charge in [-0.3, -0.25) is 19.2 Å². The first-order chi connectivity index (χ1) is 24.2. The van der Waals surface area contributed by atoms with Gasteiger partial charge in [-0.05, 0) is 72.2 Å². The zero-order valence-corrected chi connectivity index (χ0v) is 27.5. The molecule has 0 unspecified atom stereocenters. The number of nitrogens with one attached hydrogen (secondary N) is 2. The number of amides is 4. The fourth-order valence-corrected chi connectivity index (χ4v) is 6.52. The largest absolute Gasteiger partial charge is 0.330 e. The van der Waals surface area contributed by atoms with Crippen LogP contribution in [-0.2, 0) is 32.0 Å². The second-order valence-corrected chi connectivity index (χ2v) is 12.6. The lowest BCUT2D eigenvalue weighted by atomic mass is 10.1. The molecular weight excluding hydrogens is 638 g/mol. The van der Waals surface area contributed by atoms with Crippen LogP contribution in [-0.4, -0.2) is 58.6 Å². The summed E-state index contributed by atoms with van der Waals surface area (Å²) in [7, 11) is 0. The number of benzene rings is 4. The van der Waals surface area contributed by atoms with Gasteiger partial charge in [0.25, 0.3) is 0 Å². The smallest absolute Gasteiger partial charge is 0.247 e. The molecule has 0 radical (unpaired) electrons. The number of halogens is 2. The van der Waals surface area contributed by atoms with E-state index in [-0.39, 0.29) is 36.0 Å². The van der Waals surface area contributed by atoms with Crippen molar-refractivity contribution in [1.82, 2.24) is 9.80 Å². The minimum absolute atomic E-state index is 0.00300. The van der Waals surface area contributed by atoms with Crippen LogP contribution in [0.1, 0.15) is 47.9 Å². The van der Waals surface area contributed by atoms with E-state index in [4.69, 9.17) is 0 Å². The SMILES string of the molecule is O=C(Nc1ccc(C=Cc2ccc(NC(=O)[C@@H]3CCCN3C(=O)Cc3ccccc3)c(F)c2)cc1F)[C@@H]1CCCN1C(=O)Cc1ccccc1. The van der Waals surface area contributed by atoms with Crippen LogP contribution in [0.5, 0.6) is 0 Å². The van der Waals surface area contributed by atoms with E-state index in [1.807, 2.05) is 60.7 Å². The molecule has 0 spiro atoms. The summed E-state index contributed by atoms with van der Waals surface area (Å²) in [5, 5.41) is 5.27. The van der Waals surface area contributed by atoms with Crippen LogP contribution in [0.4, 0.5) is 20.2 Å². The molecule has 4 amide bonds. The summed E-state index contributed by atoms with van der Waals surface area (Å²) in [6.07, 6.45) is 5.98. The Morgan fingerprint density at radius 2 is 1.00 bits per heavy atom. The highest BCUT2D eigenvalue weighted by atomic mass is 19.1. The van der Waals surface area contributed by atoms with E-state index < -0.39 is 35.5 Å². The number of carbonyl (C=O) groups is 4. The van der Waals surface area contributed by atoms with Crippen molar-refractivity contribution in [2.75, 3.05) is 23.7 Å². The highest BCUT2D eigenvalue weighted by molar-refractivity contribution is 5.99. The molecule has 50 heavy (non-hydrogen) atoms. The topological polar surface area (TPSA) is 98.8 Å². The van der Waals surface area contributed by atoms with E-state index in [9.17, 15) is 19.2 Å². The minimum Gasteiger partial charge on any atom is -0.330 e. The minimum atomic E-state index is -0.674. The summed E-state index contributed by atoms with van der Waals surface area (Å²) in [6.45, 7) is 0.943. The Morgan fingerprint density at radius 1 is 0.600 bits per heavy atom. The molecule has 4 aromatic rings. The van der Waals surface area contributed by atoms with Crippen molar-refractivity contribution >= 4 is 47.2 Å². The molecule has 0 bridgehead atoms. The standard InChI is InChI=1S/C40H38F2N4O4/c41-31-23-29(17-19-33(31)43-39(49)35-13-7-21-45(35)37(47)25-27-9-3-1-4-10-27)15-16-30-18-20-34(32(42)24-30)44-40(50)36-14-8-22-46(36)38(48)26-28-11-5-2-6-12-28/h1-6,9-12,15-20,23-24,35-36H,7-8,13-14,21-22,25-26H2,(H,43,49)(H,44,50)/t35-,36-/m0/s1. The van der Waals surface area contributed by atoms with Crippen LogP contribution in [0.15, 0.2) is 97.1 Å². The van der Waals surface area contributed by atoms with Gasteiger partial charge in [-0.15, -0.1) is 0 Å². The molecule has 0 aromatic heterocycles. The number of hydrogen-bond donors (Lipinski definition) is 2. The van der Waals surface area contributed by atoms with Gasteiger partial charge < -0.3 is 20.4 Å².